The van der Waals surface area contributed by atoms with Gasteiger partial charge >= 0.3 is 0 Å². The maximum atomic E-state index is 9.27. The van der Waals surface area contributed by atoms with Gasteiger partial charge in [0, 0.05) is 10.0 Å². The Kier molecular flexibility index (Phi) is 3.26. The van der Waals surface area contributed by atoms with Gasteiger partial charge in [0.2, 0.25) is 0 Å². The van der Waals surface area contributed by atoms with Crippen LogP contribution >= 0.6 is 15.9 Å². The summed E-state index contributed by atoms with van der Waals surface area (Å²) >= 11 is 3.35. The summed E-state index contributed by atoms with van der Waals surface area (Å²) in [7, 11) is 0. The van der Waals surface area contributed by atoms with Gasteiger partial charge in [0.15, 0.2) is 0 Å². The molecule has 12 heavy (non-hydrogen) atoms. The molecule has 2 nitrogen and oxygen atoms in total. The fourth-order valence-corrected chi connectivity index (χ4v) is 1.25. The third-order valence-electron chi connectivity index (χ3n) is 1.88. The lowest BCUT2D eigenvalue weighted by atomic mass is 10.0. The molecule has 0 saturated heterocycles. The van der Waals surface area contributed by atoms with Crippen molar-refractivity contribution in [1.29, 1.82) is 0 Å². The summed E-state index contributed by atoms with van der Waals surface area (Å²) in [6.07, 6.45) is -0.397. The summed E-state index contributed by atoms with van der Waals surface area (Å²) in [6, 6.07) is 7.80. The number of hydrogen-bond donors (Lipinski definition) is 2. The molecule has 0 bridgehead atoms. The van der Waals surface area contributed by atoms with Crippen molar-refractivity contribution in [2.24, 2.45) is 0 Å². The highest BCUT2D eigenvalue weighted by Crippen LogP contribution is 2.16. The topological polar surface area (TPSA) is 47.9 Å². The van der Waals surface area contributed by atoms with Gasteiger partial charge in [-0.15, -0.1) is 0 Å². The van der Waals surface area contributed by atoms with E-state index in [0.29, 0.717) is 0 Å². The molecule has 0 unspecified atom stereocenters. The third-order valence-corrected chi connectivity index (χ3v) is 2.41. The molecule has 0 radical (unpaired) electrons. The number of aliphatic hydroxyl groups is 1. The lowest BCUT2D eigenvalue weighted by Crippen LogP contribution is -2.58. The van der Waals surface area contributed by atoms with E-state index in [2.05, 4.69) is 21.7 Å². The van der Waals surface area contributed by atoms with E-state index in [9.17, 15) is 5.11 Å². The number of hydrogen-bond acceptors (Lipinski definition) is 1. The van der Waals surface area contributed by atoms with E-state index in [1.165, 1.54) is 0 Å². The Morgan fingerprint density at radius 1 is 1.33 bits per heavy atom. The van der Waals surface area contributed by atoms with Gasteiger partial charge in [-0.25, -0.2) is 0 Å². The second-order valence-corrected chi connectivity index (χ2v) is 3.81. The monoisotopic (exact) mass is 230 g/mol. The standard InChI is InChI=1S/C9H12BrNO/c1-6(12)9(11)7-2-4-8(10)5-3-7/h2-6,9,12H,11H2,1H3/p+1/t6-,9+/m1/s1. The van der Waals surface area contributed by atoms with Gasteiger partial charge in [0.25, 0.3) is 0 Å². The fraction of sp³-hybridized carbons (Fsp3) is 0.333. The zero-order valence-electron chi connectivity index (χ0n) is 7.00. The van der Waals surface area contributed by atoms with Crippen LogP contribution in [-0.2, 0) is 0 Å². The molecule has 0 amide bonds. The second-order valence-electron chi connectivity index (χ2n) is 2.90. The number of rotatable bonds is 2. The van der Waals surface area contributed by atoms with Gasteiger partial charge in [-0.2, -0.15) is 0 Å². The number of aliphatic hydroxyl groups excluding tert-OH is 1. The summed E-state index contributed by atoms with van der Waals surface area (Å²) in [5.41, 5.74) is 4.94. The van der Waals surface area contributed by atoms with Crippen LogP contribution in [0.1, 0.15) is 18.5 Å². The van der Waals surface area contributed by atoms with Crippen molar-refractivity contribution in [1.82, 2.24) is 0 Å². The molecule has 3 heteroatoms. The highest BCUT2D eigenvalue weighted by atomic mass is 79.9. The molecule has 2 atom stereocenters. The third kappa shape index (κ3) is 2.30. The maximum absolute atomic E-state index is 9.27. The van der Waals surface area contributed by atoms with Crippen molar-refractivity contribution in [2.75, 3.05) is 0 Å². The van der Waals surface area contributed by atoms with E-state index in [1.807, 2.05) is 24.3 Å². The van der Waals surface area contributed by atoms with Crippen LogP contribution < -0.4 is 5.73 Å². The van der Waals surface area contributed by atoms with Gasteiger partial charge in [-0.3, -0.25) is 0 Å². The largest absolute Gasteiger partial charge is 0.387 e. The lowest BCUT2D eigenvalue weighted by Gasteiger charge is -2.11. The van der Waals surface area contributed by atoms with Crippen LogP contribution in [0, 0.1) is 0 Å². The zero-order valence-corrected chi connectivity index (χ0v) is 8.58. The predicted octanol–water partition coefficient (Wildman–Crippen LogP) is 1.11. The normalized spacial score (nSPS) is 15.7. The summed E-state index contributed by atoms with van der Waals surface area (Å²) in [4.78, 5) is 0. The minimum Gasteiger partial charge on any atom is -0.387 e. The highest BCUT2D eigenvalue weighted by Gasteiger charge is 2.14. The van der Waals surface area contributed by atoms with Gasteiger partial charge in [-0.1, -0.05) is 28.1 Å². The smallest absolute Gasteiger partial charge is 0.136 e. The fourth-order valence-electron chi connectivity index (χ4n) is 0.988. The van der Waals surface area contributed by atoms with Crippen LogP contribution in [0.25, 0.3) is 0 Å². The number of benzene rings is 1. The quantitative estimate of drug-likeness (QED) is 0.787. The molecule has 0 aliphatic rings. The van der Waals surface area contributed by atoms with E-state index >= 15 is 0 Å². The Hall–Kier alpha value is -0.380. The first-order valence-corrected chi connectivity index (χ1v) is 4.67. The molecule has 1 aromatic carbocycles. The zero-order chi connectivity index (χ0) is 9.14. The summed E-state index contributed by atoms with van der Waals surface area (Å²) in [5, 5.41) is 9.27. The summed E-state index contributed by atoms with van der Waals surface area (Å²) < 4.78 is 1.05. The Labute approximate surface area is 80.5 Å². The first-order valence-electron chi connectivity index (χ1n) is 3.88. The second kappa shape index (κ2) is 4.03. The molecule has 1 rings (SSSR count). The number of halogens is 1. The van der Waals surface area contributed by atoms with Crippen molar-refractivity contribution >= 4 is 15.9 Å². The van der Waals surface area contributed by atoms with Crippen LogP contribution in [-0.4, -0.2) is 11.2 Å². The highest BCUT2D eigenvalue weighted by molar-refractivity contribution is 9.10. The molecular formula is C9H13BrNO+. The van der Waals surface area contributed by atoms with Crippen molar-refractivity contribution < 1.29 is 10.8 Å². The molecule has 66 valence electrons. The Morgan fingerprint density at radius 3 is 2.25 bits per heavy atom. The predicted molar refractivity (Wildman–Crippen MR) is 51.5 cm³/mol. The van der Waals surface area contributed by atoms with E-state index < -0.39 is 6.10 Å². The van der Waals surface area contributed by atoms with Crippen LogP contribution in [0.4, 0.5) is 0 Å². The molecule has 4 N–H and O–H groups in total. The van der Waals surface area contributed by atoms with Crippen LogP contribution in [0.5, 0.6) is 0 Å². The average Bonchev–Trinajstić information content (AvgIpc) is 2.04. The Morgan fingerprint density at radius 2 is 1.83 bits per heavy atom. The van der Waals surface area contributed by atoms with Crippen LogP contribution in [0.3, 0.4) is 0 Å². The van der Waals surface area contributed by atoms with Gasteiger partial charge in [-0.05, 0) is 19.1 Å². The molecule has 0 aliphatic carbocycles. The SMILES string of the molecule is C[C@@H](O)[C@H]([NH3+])c1ccc(Br)cc1. The van der Waals surface area contributed by atoms with Gasteiger partial charge < -0.3 is 10.8 Å². The van der Waals surface area contributed by atoms with Crippen molar-refractivity contribution in [2.45, 2.75) is 19.1 Å². The van der Waals surface area contributed by atoms with Crippen molar-refractivity contribution in [3.8, 4) is 0 Å². The Bertz CT molecular complexity index is 245. The van der Waals surface area contributed by atoms with Gasteiger partial charge in [0.1, 0.15) is 12.1 Å². The molecule has 0 heterocycles. The average molecular weight is 231 g/mol. The van der Waals surface area contributed by atoms with Crippen LogP contribution in [0.15, 0.2) is 28.7 Å². The van der Waals surface area contributed by atoms with Crippen LogP contribution in [0.2, 0.25) is 0 Å². The molecular weight excluding hydrogens is 218 g/mol. The molecule has 0 aliphatic heterocycles. The van der Waals surface area contributed by atoms with E-state index in [4.69, 9.17) is 0 Å². The van der Waals surface area contributed by atoms with Gasteiger partial charge in [0.05, 0.1) is 0 Å². The summed E-state index contributed by atoms with van der Waals surface area (Å²) in [5.74, 6) is 0. The first kappa shape index (κ1) is 9.71. The minimum atomic E-state index is -0.397. The van der Waals surface area contributed by atoms with Crippen molar-refractivity contribution in [3.05, 3.63) is 34.3 Å². The molecule has 0 fully saturated rings. The van der Waals surface area contributed by atoms with E-state index in [1.54, 1.807) is 6.92 Å². The molecule has 0 aromatic heterocycles. The van der Waals surface area contributed by atoms with E-state index in [-0.39, 0.29) is 6.04 Å². The molecule has 0 spiro atoms. The Balaban J connectivity index is 2.82. The first-order chi connectivity index (χ1) is 5.61. The maximum Gasteiger partial charge on any atom is 0.136 e. The molecule has 1 aromatic rings. The lowest BCUT2D eigenvalue weighted by molar-refractivity contribution is -0.443. The van der Waals surface area contributed by atoms with E-state index in [0.717, 1.165) is 10.0 Å². The molecule has 0 saturated carbocycles. The summed E-state index contributed by atoms with van der Waals surface area (Å²) in [6.45, 7) is 1.75. The minimum absolute atomic E-state index is 0.0434. The number of quaternary nitrogens is 1. The van der Waals surface area contributed by atoms with Crippen molar-refractivity contribution in [3.63, 3.8) is 0 Å².